The fraction of sp³-hybridized carbons (Fsp3) is 0.500. The molecule has 2 N–H and O–H groups in total. The summed E-state index contributed by atoms with van der Waals surface area (Å²) >= 11 is 0. The van der Waals surface area contributed by atoms with Gasteiger partial charge in [-0.15, -0.1) is 0 Å². The van der Waals surface area contributed by atoms with Crippen molar-refractivity contribution in [2.24, 2.45) is 0 Å². The van der Waals surface area contributed by atoms with E-state index in [1.807, 2.05) is 13.8 Å². The Labute approximate surface area is 71.8 Å². The zero-order chi connectivity index (χ0) is 9.19. The van der Waals surface area contributed by atoms with E-state index >= 15 is 0 Å². The van der Waals surface area contributed by atoms with Gasteiger partial charge in [-0.05, 0) is 19.9 Å². The van der Waals surface area contributed by atoms with Gasteiger partial charge < -0.3 is 10.5 Å². The highest BCUT2D eigenvalue weighted by molar-refractivity contribution is 5.20. The molecule has 0 radical (unpaired) electrons. The van der Waals surface area contributed by atoms with Crippen LogP contribution in [0.25, 0.3) is 0 Å². The summed E-state index contributed by atoms with van der Waals surface area (Å²) in [5.74, 6) is 0.276. The van der Waals surface area contributed by atoms with Crippen molar-refractivity contribution in [3.05, 3.63) is 18.0 Å². The van der Waals surface area contributed by atoms with E-state index in [9.17, 15) is 0 Å². The van der Waals surface area contributed by atoms with Gasteiger partial charge in [-0.1, -0.05) is 0 Å². The molecule has 0 spiro atoms. The molecule has 0 unspecified atom stereocenters. The van der Waals surface area contributed by atoms with Gasteiger partial charge in [0.15, 0.2) is 0 Å². The quantitative estimate of drug-likeness (QED) is 0.712. The molecule has 0 amide bonds. The van der Waals surface area contributed by atoms with Gasteiger partial charge in [0.1, 0.15) is 5.60 Å². The van der Waals surface area contributed by atoms with Crippen molar-refractivity contribution in [3.8, 4) is 0 Å². The number of nitrogen functional groups attached to an aromatic ring is 1. The topological polar surface area (TPSA) is 61.0 Å². The lowest BCUT2D eigenvalue weighted by Crippen LogP contribution is -2.21. The lowest BCUT2D eigenvalue weighted by atomic mass is 10.1. The van der Waals surface area contributed by atoms with Crippen LogP contribution in [0.4, 0.5) is 5.95 Å². The average molecular weight is 167 g/mol. The molecule has 1 aromatic rings. The average Bonchev–Trinajstić information content (AvgIpc) is 2.05. The summed E-state index contributed by atoms with van der Waals surface area (Å²) < 4.78 is 5.23. The van der Waals surface area contributed by atoms with Gasteiger partial charge in [-0.3, -0.25) is 0 Å². The molecule has 0 aromatic carbocycles. The summed E-state index contributed by atoms with van der Waals surface area (Å²) in [7, 11) is 1.64. The Morgan fingerprint density at radius 3 is 2.67 bits per heavy atom. The van der Waals surface area contributed by atoms with Crippen LogP contribution in [0, 0.1) is 0 Å². The van der Waals surface area contributed by atoms with Gasteiger partial charge in [-0.25, -0.2) is 9.97 Å². The lowest BCUT2D eigenvalue weighted by Gasteiger charge is -2.21. The van der Waals surface area contributed by atoms with Crippen LogP contribution < -0.4 is 5.73 Å². The van der Waals surface area contributed by atoms with E-state index < -0.39 is 5.60 Å². The molecular formula is C8H13N3O. The third-order valence-electron chi connectivity index (χ3n) is 1.80. The maximum atomic E-state index is 5.43. The van der Waals surface area contributed by atoms with Gasteiger partial charge in [0, 0.05) is 13.3 Å². The molecule has 0 saturated heterocycles. The fourth-order valence-electron chi connectivity index (χ4n) is 0.814. The second-order valence-corrected chi connectivity index (χ2v) is 3.01. The zero-order valence-corrected chi connectivity index (χ0v) is 7.53. The Morgan fingerprint density at radius 1 is 1.50 bits per heavy atom. The lowest BCUT2D eigenvalue weighted by molar-refractivity contribution is 0.0155. The molecule has 1 rings (SSSR count). The summed E-state index contributed by atoms with van der Waals surface area (Å²) in [5, 5.41) is 0. The molecule has 66 valence electrons. The maximum absolute atomic E-state index is 5.43. The highest BCUT2D eigenvalue weighted by Gasteiger charge is 2.20. The van der Waals surface area contributed by atoms with Crippen LogP contribution in [0.15, 0.2) is 12.3 Å². The predicted octanol–water partition coefficient (Wildman–Crippen LogP) is 0.940. The highest BCUT2D eigenvalue weighted by Crippen LogP contribution is 2.21. The van der Waals surface area contributed by atoms with E-state index in [0.29, 0.717) is 0 Å². The van der Waals surface area contributed by atoms with Crippen LogP contribution in [0.5, 0.6) is 0 Å². The van der Waals surface area contributed by atoms with E-state index in [-0.39, 0.29) is 5.95 Å². The van der Waals surface area contributed by atoms with Crippen molar-refractivity contribution in [2.75, 3.05) is 12.8 Å². The number of nitrogens with two attached hydrogens (primary N) is 1. The third kappa shape index (κ3) is 1.71. The first-order valence-corrected chi connectivity index (χ1v) is 3.70. The van der Waals surface area contributed by atoms with Crippen molar-refractivity contribution in [2.45, 2.75) is 19.4 Å². The van der Waals surface area contributed by atoms with E-state index in [4.69, 9.17) is 10.5 Å². The van der Waals surface area contributed by atoms with Gasteiger partial charge in [0.2, 0.25) is 5.95 Å². The van der Waals surface area contributed by atoms with Crippen molar-refractivity contribution >= 4 is 5.95 Å². The number of ether oxygens (including phenoxy) is 1. The second kappa shape index (κ2) is 3.06. The standard InChI is InChI=1S/C8H13N3O/c1-8(2,12-3)6-4-5-10-7(9)11-6/h4-5H,1-3H3,(H2,9,10,11). The molecule has 0 saturated carbocycles. The van der Waals surface area contributed by atoms with Crippen molar-refractivity contribution in [1.82, 2.24) is 9.97 Å². The molecule has 4 heteroatoms. The van der Waals surface area contributed by atoms with Gasteiger partial charge in [0.25, 0.3) is 0 Å². The summed E-state index contributed by atoms with van der Waals surface area (Å²) in [6.07, 6.45) is 1.62. The molecule has 0 aliphatic carbocycles. The predicted molar refractivity (Wildman–Crippen MR) is 46.5 cm³/mol. The summed E-state index contributed by atoms with van der Waals surface area (Å²) in [4.78, 5) is 7.86. The normalized spacial score (nSPS) is 11.6. The number of methoxy groups -OCH3 is 1. The fourth-order valence-corrected chi connectivity index (χ4v) is 0.814. The third-order valence-corrected chi connectivity index (χ3v) is 1.80. The van der Waals surface area contributed by atoms with E-state index in [1.54, 1.807) is 19.4 Å². The first-order valence-electron chi connectivity index (χ1n) is 3.70. The van der Waals surface area contributed by atoms with Crippen molar-refractivity contribution in [3.63, 3.8) is 0 Å². The van der Waals surface area contributed by atoms with E-state index in [2.05, 4.69) is 9.97 Å². The Bertz CT molecular complexity index is 273. The smallest absolute Gasteiger partial charge is 0.220 e. The molecule has 0 fully saturated rings. The summed E-state index contributed by atoms with van der Waals surface area (Å²) in [5.41, 5.74) is 5.82. The van der Waals surface area contributed by atoms with Gasteiger partial charge >= 0.3 is 0 Å². The Morgan fingerprint density at radius 2 is 2.17 bits per heavy atom. The minimum Gasteiger partial charge on any atom is -0.373 e. The van der Waals surface area contributed by atoms with Crippen LogP contribution in [0.2, 0.25) is 0 Å². The molecule has 0 bridgehead atoms. The number of anilines is 1. The highest BCUT2D eigenvalue weighted by atomic mass is 16.5. The molecule has 1 heterocycles. The Balaban J connectivity index is 3.03. The van der Waals surface area contributed by atoms with Crippen LogP contribution in [0.3, 0.4) is 0 Å². The van der Waals surface area contributed by atoms with Gasteiger partial charge in [-0.2, -0.15) is 0 Å². The van der Waals surface area contributed by atoms with E-state index in [1.165, 1.54) is 0 Å². The van der Waals surface area contributed by atoms with Crippen molar-refractivity contribution < 1.29 is 4.74 Å². The molecule has 0 atom stereocenters. The number of hydrogen-bond acceptors (Lipinski definition) is 4. The van der Waals surface area contributed by atoms with Crippen LogP contribution in [0.1, 0.15) is 19.5 Å². The van der Waals surface area contributed by atoms with Crippen LogP contribution >= 0.6 is 0 Å². The molecule has 0 aliphatic heterocycles. The number of hydrogen-bond donors (Lipinski definition) is 1. The molecular weight excluding hydrogens is 154 g/mol. The molecule has 0 aliphatic rings. The number of rotatable bonds is 2. The first kappa shape index (κ1) is 8.93. The van der Waals surface area contributed by atoms with Crippen molar-refractivity contribution in [1.29, 1.82) is 0 Å². The van der Waals surface area contributed by atoms with Crippen LogP contribution in [-0.4, -0.2) is 17.1 Å². The molecule has 1 aromatic heterocycles. The van der Waals surface area contributed by atoms with E-state index in [0.717, 1.165) is 5.69 Å². The Hall–Kier alpha value is -1.16. The maximum Gasteiger partial charge on any atom is 0.220 e. The minimum absolute atomic E-state index is 0.276. The first-order chi connectivity index (χ1) is 5.56. The number of nitrogens with zero attached hydrogens (tertiary/aromatic N) is 2. The minimum atomic E-state index is -0.406. The largest absolute Gasteiger partial charge is 0.373 e. The number of aromatic nitrogens is 2. The monoisotopic (exact) mass is 167 g/mol. The zero-order valence-electron chi connectivity index (χ0n) is 7.53. The Kier molecular flexibility index (Phi) is 2.28. The molecule has 12 heavy (non-hydrogen) atoms. The SMILES string of the molecule is COC(C)(C)c1ccnc(N)n1. The van der Waals surface area contributed by atoms with Gasteiger partial charge in [0.05, 0.1) is 5.69 Å². The second-order valence-electron chi connectivity index (χ2n) is 3.01. The molecule has 4 nitrogen and oxygen atoms in total. The van der Waals surface area contributed by atoms with Crippen LogP contribution in [-0.2, 0) is 10.3 Å². The summed E-state index contributed by atoms with van der Waals surface area (Å²) in [6.45, 7) is 3.85. The summed E-state index contributed by atoms with van der Waals surface area (Å²) in [6, 6.07) is 1.79.